The maximum Gasteiger partial charge on any atom is 0.254 e. The molecule has 4 nitrogen and oxygen atoms in total. The van der Waals surface area contributed by atoms with E-state index in [0.29, 0.717) is 37.4 Å². The Morgan fingerprint density at radius 3 is 2.48 bits per heavy atom. The van der Waals surface area contributed by atoms with Crippen molar-refractivity contribution in [2.45, 2.75) is 6.92 Å². The van der Waals surface area contributed by atoms with E-state index in [1.165, 1.54) is 0 Å². The van der Waals surface area contributed by atoms with E-state index < -0.39 is 0 Å². The number of nitrogens with zero attached hydrogens (tertiary/aromatic N) is 1. The molecule has 2 aromatic carbocycles. The van der Waals surface area contributed by atoms with Crippen molar-refractivity contribution in [3.05, 3.63) is 59.7 Å². The Bertz CT molecular complexity index is 733. The summed E-state index contributed by atoms with van der Waals surface area (Å²) in [6, 6.07) is 14.9. The number of morpholine rings is 1. The van der Waals surface area contributed by atoms with Gasteiger partial charge in [-0.2, -0.15) is 0 Å². The minimum atomic E-state index is 0.0112. The van der Waals surface area contributed by atoms with Crippen molar-refractivity contribution >= 4 is 11.7 Å². The fourth-order valence-corrected chi connectivity index (χ4v) is 2.76. The summed E-state index contributed by atoms with van der Waals surface area (Å²) >= 11 is 0. The first-order valence-corrected chi connectivity index (χ1v) is 7.74. The molecule has 0 saturated carbocycles. The summed E-state index contributed by atoms with van der Waals surface area (Å²) in [4.78, 5) is 26.2. The van der Waals surface area contributed by atoms with Crippen LogP contribution in [0.4, 0.5) is 0 Å². The lowest BCUT2D eigenvalue weighted by Gasteiger charge is -2.27. The maximum absolute atomic E-state index is 12.8. The van der Waals surface area contributed by atoms with E-state index in [0.717, 1.165) is 11.1 Å². The van der Waals surface area contributed by atoms with E-state index in [4.69, 9.17) is 4.74 Å². The molecule has 0 N–H and O–H groups in total. The van der Waals surface area contributed by atoms with Gasteiger partial charge in [0.1, 0.15) is 0 Å². The largest absolute Gasteiger partial charge is 0.378 e. The summed E-state index contributed by atoms with van der Waals surface area (Å²) in [7, 11) is 0. The molecule has 1 aliphatic rings. The van der Waals surface area contributed by atoms with Gasteiger partial charge >= 0.3 is 0 Å². The summed E-state index contributed by atoms with van der Waals surface area (Å²) in [6.45, 7) is 3.92. The van der Waals surface area contributed by atoms with Crippen LogP contribution < -0.4 is 0 Å². The van der Waals surface area contributed by atoms with Gasteiger partial charge in [0.15, 0.2) is 5.78 Å². The average Bonchev–Trinajstić information content (AvgIpc) is 2.62. The van der Waals surface area contributed by atoms with Crippen LogP contribution in [0.1, 0.15) is 27.6 Å². The van der Waals surface area contributed by atoms with Crippen LogP contribution in [0, 0.1) is 0 Å². The second kappa shape index (κ2) is 6.75. The van der Waals surface area contributed by atoms with Crippen LogP contribution in [0.5, 0.6) is 0 Å². The Kier molecular flexibility index (Phi) is 4.53. The summed E-state index contributed by atoms with van der Waals surface area (Å²) in [5, 5.41) is 0. The Morgan fingerprint density at radius 1 is 1.00 bits per heavy atom. The van der Waals surface area contributed by atoms with Gasteiger partial charge in [0.2, 0.25) is 0 Å². The number of carbonyl (C=O) groups is 2. The lowest BCUT2D eigenvalue weighted by Crippen LogP contribution is -2.40. The highest BCUT2D eigenvalue weighted by Gasteiger charge is 2.21. The van der Waals surface area contributed by atoms with Gasteiger partial charge < -0.3 is 9.64 Å². The van der Waals surface area contributed by atoms with Crippen molar-refractivity contribution < 1.29 is 14.3 Å². The quantitative estimate of drug-likeness (QED) is 0.819. The summed E-state index contributed by atoms with van der Waals surface area (Å²) < 4.78 is 5.31. The Balaban J connectivity index is 1.99. The van der Waals surface area contributed by atoms with Gasteiger partial charge in [-0.25, -0.2) is 0 Å². The van der Waals surface area contributed by atoms with E-state index in [9.17, 15) is 9.59 Å². The Morgan fingerprint density at radius 2 is 1.74 bits per heavy atom. The van der Waals surface area contributed by atoms with E-state index >= 15 is 0 Å². The van der Waals surface area contributed by atoms with Crippen LogP contribution in [0.15, 0.2) is 48.5 Å². The Hall–Kier alpha value is -2.46. The van der Waals surface area contributed by atoms with Crippen molar-refractivity contribution in [3.8, 4) is 11.1 Å². The summed E-state index contributed by atoms with van der Waals surface area (Å²) in [5.74, 6) is 0.0287. The third kappa shape index (κ3) is 3.32. The van der Waals surface area contributed by atoms with Gasteiger partial charge in [-0.05, 0) is 30.2 Å². The third-order valence-electron chi connectivity index (χ3n) is 4.04. The van der Waals surface area contributed by atoms with Gasteiger partial charge in [-0.15, -0.1) is 0 Å². The molecule has 23 heavy (non-hydrogen) atoms. The van der Waals surface area contributed by atoms with Gasteiger partial charge in [0.25, 0.3) is 5.91 Å². The first-order chi connectivity index (χ1) is 11.2. The van der Waals surface area contributed by atoms with Crippen LogP contribution >= 0.6 is 0 Å². The molecule has 0 aliphatic carbocycles. The zero-order chi connectivity index (χ0) is 16.2. The number of rotatable bonds is 3. The van der Waals surface area contributed by atoms with Crippen molar-refractivity contribution in [2.24, 2.45) is 0 Å². The van der Waals surface area contributed by atoms with Gasteiger partial charge in [-0.3, -0.25) is 9.59 Å². The highest BCUT2D eigenvalue weighted by molar-refractivity contribution is 6.02. The summed E-state index contributed by atoms with van der Waals surface area (Å²) in [6.07, 6.45) is 0. The monoisotopic (exact) mass is 309 g/mol. The minimum absolute atomic E-state index is 0.0112. The molecule has 0 spiro atoms. The zero-order valence-electron chi connectivity index (χ0n) is 13.1. The minimum Gasteiger partial charge on any atom is -0.378 e. The molecular weight excluding hydrogens is 290 g/mol. The second-order valence-electron chi connectivity index (χ2n) is 5.59. The van der Waals surface area contributed by atoms with Crippen molar-refractivity contribution in [3.63, 3.8) is 0 Å². The molecule has 0 bridgehead atoms. The first kappa shape index (κ1) is 15.4. The number of Topliss-reactive ketones (excluding diaryl/α,β-unsaturated/α-hetero) is 1. The van der Waals surface area contributed by atoms with Crippen molar-refractivity contribution in [2.75, 3.05) is 26.3 Å². The average molecular weight is 309 g/mol. The highest BCUT2D eigenvalue weighted by atomic mass is 16.5. The zero-order valence-corrected chi connectivity index (χ0v) is 13.1. The molecule has 118 valence electrons. The molecule has 1 fully saturated rings. The number of ether oxygens (including phenoxy) is 1. The van der Waals surface area contributed by atoms with E-state index in [-0.39, 0.29) is 11.7 Å². The number of hydrogen-bond acceptors (Lipinski definition) is 3. The van der Waals surface area contributed by atoms with Crippen molar-refractivity contribution in [1.29, 1.82) is 0 Å². The van der Waals surface area contributed by atoms with Crippen LogP contribution in [-0.4, -0.2) is 42.9 Å². The fourth-order valence-electron chi connectivity index (χ4n) is 2.76. The fraction of sp³-hybridized carbons (Fsp3) is 0.263. The third-order valence-corrected chi connectivity index (χ3v) is 4.04. The molecule has 1 saturated heterocycles. The van der Waals surface area contributed by atoms with Gasteiger partial charge in [0.05, 0.1) is 13.2 Å². The standard InChI is InChI=1S/C19H19NO3/c1-14(21)15-5-4-6-16(13-15)17-7-2-3-8-18(17)19(22)20-9-11-23-12-10-20/h2-8,13H,9-12H2,1H3. The molecule has 1 heterocycles. The van der Waals surface area contributed by atoms with Crippen LogP contribution in [0.3, 0.4) is 0 Å². The van der Waals surface area contributed by atoms with Crippen molar-refractivity contribution in [1.82, 2.24) is 4.90 Å². The van der Waals surface area contributed by atoms with E-state index in [1.54, 1.807) is 13.0 Å². The molecule has 1 aliphatic heterocycles. The number of benzene rings is 2. The second-order valence-corrected chi connectivity index (χ2v) is 5.59. The molecule has 0 aromatic heterocycles. The smallest absolute Gasteiger partial charge is 0.254 e. The molecule has 1 amide bonds. The summed E-state index contributed by atoms with van der Waals surface area (Å²) in [5.41, 5.74) is 3.05. The molecule has 4 heteroatoms. The number of amides is 1. The lowest BCUT2D eigenvalue weighted by molar-refractivity contribution is 0.0303. The SMILES string of the molecule is CC(=O)c1cccc(-c2ccccc2C(=O)N2CCOCC2)c1. The highest BCUT2D eigenvalue weighted by Crippen LogP contribution is 2.26. The van der Waals surface area contributed by atoms with E-state index in [1.807, 2.05) is 47.4 Å². The Labute approximate surface area is 135 Å². The first-order valence-electron chi connectivity index (χ1n) is 7.74. The van der Waals surface area contributed by atoms with Gasteiger partial charge in [0, 0.05) is 24.2 Å². The van der Waals surface area contributed by atoms with Crippen LogP contribution in [0.2, 0.25) is 0 Å². The number of hydrogen-bond donors (Lipinski definition) is 0. The molecule has 0 unspecified atom stereocenters. The molecule has 0 radical (unpaired) electrons. The molecular formula is C19H19NO3. The van der Waals surface area contributed by atoms with Crippen LogP contribution in [-0.2, 0) is 4.74 Å². The molecule has 3 rings (SSSR count). The maximum atomic E-state index is 12.8. The normalized spacial score (nSPS) is 14.6. The molecule has 0 atom stereocenters. The van der Waals surface area contributed by atoms with Crippen LogP contribution in [0.25, 0.3) is 11.1 Å². The predicted molar refractivity (Wildman–Crippen MR) is 88.6 cm³/mol. The molecule has 2 aromatic rings. The number of carbonyl (C=O) groups excluding carboxylic acids is 2. The lowest BCUT2D eigenvalue weighted by atomic mass is 9.96. The predicted octanol–water partition coefficient (Wildman–Crippen LogP) is 3.03. The van der Waals surface area contributed by atoms with E-state index in [2.05, 4.69) is 0 Å². The topological polar surface area (TPSA) is 46.6 Å². The van der Waals surface area contributed by atoms with Gasteiger partial charge in [-0.1, -0.05) is 36.4 Å². The number of ketones is 1.